The molecule has 0 heterocycles. The zero-order valence-electron chi connectivity index (χ0n) is 12.4. The van der Waals surface area contributed by atoms with E-state index < -0.39 is 17.5 Å². The Morgan fingerprint density at radius 2 is 1.70 bits per heavy atom. The van der Waals surface area contributed by atoms with Gasteiger partial charge in [-0.25, -0.2) is 0 Å². The van der Waals surface area contributed by atoms with Crippen LogP contribution in [0.25, 0.3) is 0 Å². The molecule has 3 nitrogen and oxygen atoms in total. The molecule has 0 aliphatic carbocycles. The second-order valence-electron chi connectivity index (χ2n) is 4.70. The predicted octanol–water partition coefficient (Wildman–Crippen LogP) is 4.41. The lowest BCUT2D eigenvalue weighted by Crippen LogP contribution is -2.22. The minimum atomic E-state index is -4.92. The molecule has 0 N–H and O–H groups in total. The summed E-state index contributed by atoms with van der Waals surface area (Å²) in [5.74, 6) is -1.51. The Morgan fingerprint density at radius 3 is 2.30 bits per heavy atom. The van der Waals surface area contributed by atoms with E-state index in [0.717, 1.165) is 17.7 Å². The number of alkyl halides is 3. The van der Waals surface area contributed by atoms with Crippen LogP contribution in [0.3, 0.4) is 0 Å². The highest BCUT2D eigenvalue weighted by Gasteiger charge is 2.39. The van der Waals surface area contributed by atoms with Crippen LogP contribution in [0.1, 0.15) is 22.8 Å². The van der Waals surface area contributed by atoms with Gasteiger partial charge in [-0.2, -0.15) is 13.2 Å². The maximum atomic E-state index is 12.5. The van der Waals surface area contributed by atoms with E-state index in [1.807, 2.05) is 30.3 Å². The number of ketones is 1. The second kappa shape index (κ2) is 7.17. The summed E-state index contributed by atoms with van der Waals surface area (Å²) >= 11 is 0. The highest BCUT2D eigenvalue weighted by molar-refractivity contribution is 6.00. The number of hydrogen-bond donors (Lipinski definition) is 0. The van der Waals surface area contributed by atoms with Gasteiger partial charge >= 0.3 is 6.18 Å². The van der Waals surface area contributed by atoms with Crippen LogP contribution >= 0.6 is 0 Å². The molecule has 6 heteroatoms. The Labute approximate surface area is 131 Å². The molecular formula is C17H15F3O3. The van der Waals surface area contributed by atoms with Crippen molar-refractivity contribution in [2.24, 2.45) is 0 Å². The Kier molecular flexibility index (Phi) is 5.26. The number of ether oxygens (including phenoxy) is 2. The lowest BCUT2D eigenvalue weighted by atomic mass is 10.1. The predicted molar refractivity (Wildman–Crippen MR) is 78.8 cm³/mol. The highest BCUT2D eigenvalue weighted by Crippen LogP contribution is 2.31. The SMILES string of the molecule is CCOc1cc(C(=O)C(F)(F)F)ccc1OCc1ccccc1. The first-order chi connectivity index (χ1) is 10.9. The fraction of sp³-hybridized carbons (Fsp3) is 0.235. The maximum absolute atomic E-state index is 12.5. The van der Waals surface area contributed by atoms with Crippen LogP contribution in [-0.4, -0.2) is 18.6 Å². The van der Waals surface area contributed by atoms with Gasteiger partial charge in [0.1, 0.15) is 6.61 Å². The Morgan fingerprint density at radius 1 is 1.00 bits per heavy atom. The average molecular weight is 324 g/mol. The molecule has 0 saturated carbocycles. The van der Waals surface area contributed by atoms with Crippen molar-refractivity contribution < 1.29 is 27.4 Å². The maximum Gasteiger partial charge on any atom is 0.454 e. The molecule has 2 rings (SSSR count). The van der Waals surface area contributed by atoms with Gasteiger partial charge in [-0.15, -0.1) is 0 Å². The largest absolute Gasteiger partial charge is 0.490 e. The minimum Gasteiger partial charge on any atom is -0.490 e. The van der Waals surface area contributed by atoms with Crippen LogP contribution in [0.4, 0.5) is 13.2 Å². The van der Waals surface area contributed by atoms with E-state index in [9.17, 15) is 18.0 Å². The van der Waals surface area contributed by atoms with E-state index in [1.54, 1.807) is 6.92 Å². The zero-order chi connectivity index (χ0) is 16.9. The number of carbonyl (C=O) groups is 1. The third-order valence-electron chi connectivity index (χ3n) is 3.00. The normalized spacial score (nSPS) is 11.1. The van der Waals surface area contributed by atoms with E-state index in [1.165, 1.54) is 6.07 Å². The number of Topliss-reactive ketones (excluding diaryl/α,β-unsaturated/α-hetero) is 1. The van der Waals surface area contributed by atoms with Gasteiger partial charge in [0.15, 0.2) is 11.5 Å². The molecule has 0 amide bonds. The molecular weight excluding hydrogens is 309 g/mol. The van der Waals surface area contributed by atoms with Crippen molar-refractivity contribution in [3.05, 3.63) is 59.7 Å². The molecule has 0 saturated heterocycles. The van der Waals surface area contributed by atoms with Gasteiger partial charge in [-0.1, -0.05) is 30.3 Å². The average Bonchev–Trinajstić information content (AvgIpc) is 2.53. The lowest BCUT2D eigenvalue weighted by molar-refractivity contribution is -0.0885. The van der Waals surface area contributed by atoms with E-state index in [4.69, 9.17) is 9.47 Å². The van der Waals surface area contributed by atoms with E-state index in [0.29, 0.717) is 0 Å². The van der Waals surface area contributed by atoms with Gasteiger partial charge in [0.25, 0.3) is 5.78 Å². The van der Waals surface area contributed by atoms with Crippen molar-refractivity contribution in [3.8, 4) is 11.5 Å². The molecule has 0 bridgehead atoms. The summed E-state index contributed by atoms with van der Waals surface area (Å²) in [6.45, 7) is 2.18. The molecule has 2 aromatic carbocycles. The molecule has 0 aliphatic heterocycles. The molecule has 0 atom stereocenters. The fourth-order valence-corrected chi connectivity index (χ4v) is 1.94. The Balaban J connectivity index is 2.21. The van der Waals surface area contributed by atoms with E-state index >= 15 is 0 Å². The summed E-state index contributed by atoms with van der Waals surface area (Å²) in [5, 5.41) is 0. The van der Waals surface area contributed by atoms with E-state index in [2.05, 4.69) is 0 Å². The Bertz CT molecular complexity index is 667. The lowest BCUT2D eigenvalue weighted by Gasteiger charge is -2.14. The quantitative estimate of drug-likeness (QED) is 0.738. The molecule has 23 heavy (non-hydrogen) atoms. The number of benzene rings is 2. The standard InChI is InChI=1S/C17H15F3O3/c1-2-22-15-10-13(16(21)17(18,19)20)8-9-14(15)23-11-12-6-4-3-5-7-12/h3-10H,2,11H2,1H3. The van der Waals surface area contributed by atoms with Crippen LogP contribution in [-0.2, 0) is 6.61 Å². The number of rotatable bonds is 6. The third kappa shape index (κ3) is 4.48. The van der Waals surface area contributed by atoms with Crippen LogP contribution in [0, 0.1) is 0 Å². The molecule has 0 fully saturated rings. The molecule has 0 aromatic heterocycles. The van der Waals surface area contributed by atoms with Gasteiger partial charge in [0.05, 0.1) is 6.61 Å². The van der Waals surface area contributed by atoms with Gasteiger partial charge in [-0.05, 0) is 30.7 Å². The summed E-state index contributed by atoms with van der Waals surface area (Å²) in [7, 11) is 0. The summed E-state index contributed by atoms with van der Waals surface area (Å²) in [6.07, 6.45) is -4.92. The fourth-order valence-electron chi connectivity index (χ4n) is 1.94. The van der Waals surface area contributed by atoms with Gasteiger partial charge < -0.3 is 9.47 Å². The van der Waals surface area contributed by atoms with Gasteiger partial charge in [0.2, 0.25) is 0 Å². The first-order valence-corrected chi connectivity index (χ1v) is 6.97. The topological polar surface area (TPSA) is 35.5 Å². The van der Waals surface area contributed by atoms with Crippen molar-refractivity contribution >= 4 is 5.78 Å². The highest BCUT2D eigenvalue weighted by atomic mass is 19.4. The van der Waals surface area contributed by atoms with Crippen molar-refractivity contribution in [3.63, 3.8) is 0 Å². The van der Waals surface area contributed by atoms with Crippen LogP contribution < -0.4 is 9.47 Å². The number of hydrogen-bond acceptors (Lipinski definition) is 3. The molecule has 0 radical (unpaired) electrons. The van der Waals surface area contributed by atoms with Crippen molar-refractivity contribution in [1.29, 1.82) is 0 Å². The molecule has 122 valence electrons. The van der Waals surface area contributed by atoms with Gasteiger partial charge in [0, 0.05) is 5.56 Å². The third-order valence-corrected chi connectivity index (χ3v) is 3.00. The van der Waals surface area contributed by atoms with Crippen molar-refractivity contribution in [2.75, 3.05) is 6.61 Å². The Hall–Kier alpha value is -2.50. The van der Waals surface area contributed by atoms with Crippen LogP contribution in [0.15, 0.2) is 48.5 Å². The number of carbonyl (C=O) groups excluding carboxylic acids is 1. The molecule has 2 aromatic rings. The summed E-state index contributed by atoms with van der Waals surface area (Å²) in [5.41, 5.74) is 0.429. The molecule has 0 aliphatic rings. The summed E-state index contributed by atoms with van der Waals surface area (Å²) in [6, 6.07) is 12.8. The first-order valence-electron chi connectivity index (χ1n) is 6.97. The van der Waals surface area contributed by atoms with Crippen molar-refractivity contribution in [1.82, 2.24) is 0 Å². The zero-order valence-corrected chi connectivity index (χ0v) is 12.4. The smallest absolute Gasteiger partial charge is 0.454 e. The number of halogens is 3. The summed E-state index contributed by atoms with van der Waals surface area (Å²) in [4.78, 5) is 11.3. The summed E-state index contributed by atoms with van der Waals surface area (Å²) < 4.78 is 48.4. The van der Waals surface area contributed by atoms with E-state index in [-0.39, 0.29) is 24.7 Å². The second-order valence-corrected chi connectivity index (χ2v) is 4.70. The minimum absolute atomic E-state index is 0.110. The van der Waals surface area contributed by atoms with Crippen LogP contribution in [0.5, 0.6) is 11.5 Å². The van der Waals surface area contributed by atoms with Crippen LogP contribution in [0.2, 0.25) is 0 Å². The first kappa shape index (κ1) is 16.9. The van der Waals surface area contributed by atoms with Gasteiger partial charge in [-0.3, -0.25) is 4.79 Å². The molecule has 0 unspecified atom stereocenters. The van der Waals surface area contributed by atoms with Crippen molar-refractivity contribution in [2.45, 2.75) is 19.7 Å². The monoisotopic (exact) mass is 324 g/mol. The molecule has 0 spiro atoms.